The van der Waals surface area contributed by atoms with Gasteiger partial charge in [0, 0.05) is 59.5 Å². The van der Waals surface area contributed by atoms with Crippen molar-refractivity contribution < 1.29 is 25.3 Å². The molecule has 2 atom stereocenters. The van der Waals surface area contributed by atoms with Gasteiger partial charge < -0.3 is 24.5 Å². The molecule has 0 aliphatic carbocycles. The molecule has 1 heterocycles. The molecule has 0 aromatic heterocycles. The van der Waals surface area contributed by atoms with Gasteiger partial charge in [0.05, 0.1) is 18.8 Å². The zero-order valence-electron chi connectivity index (χ0n) is 22.7. The lowest BCUT2D eigenvalue weighted by Gasteiger charge is -2.23. The van der Waals surface area contributed by atoms with E-state index in [1.165, 1.54) is 6.42 Å². The predicted molar refractivity (Wildman–Crippen MR) is 149 cm³/mol. The van der Waals surface area contributed by atoms with Gasteiger partial charge in [0.2, 0.25) is 11.8 Å². The maximum atomic E-state index is 12.5. The van der Waals surface area contributed by atoms with Gasteiger partial charge in [-0.15, -0.1) is 0 Å². The van der Waals surface area contributed by atoms with E-state index in [0.717, 1.165) is 37.2 Å². The number of amides is 2. The highest BCUT2D eigenvalue weighted by atomic mass is 33.1. The molecule has 0 spiro atoms. The molecule has 0 bridgehead atoms. The van der Waals surface area contributed by atoms with Crippen molar-refractivity contribution in [3.8, 4) is 0 Å². The van der Waals surface area contributed by atoms with Crippen molar-refractivity contribution in [2.24, 2.45) is 0 Å². The fourth-order valence-corrected chi connectivity index (χ4v) is 5.22. The minimum Gasteiger partial charge on any atom is -0.383 e. The normalized spacial score (nSPS) is 16.7. The molecule has 1 N–H and O–H groups in total. The summed E-state index contributed by atoms with van der Waals surface area (Å²) < 4.78 is 10.6. The van der Waals surface area contributed by atoms with E-state index >= 15 is 0 Å². The van der Waals surface area contributed by atoms with Gasteiger partial charge in [-0.2, -0.15) is 0 Å². The van der Waals surface area contributed by atoms with E-state index in [2.05, 4.69) is 19.2 Å². The second kappa shape index (κ2) is 25.3. The van der Waals surface area contributed by atoms with Crippen LogP contribution in [-0.4, -0.2) is 80.1 Å². The maximum Gasteiger partial charge on any atom is 0.223 e. The van der Waals surface area contributed by atoms with Crippen molar-refractivity contribution in [3.05, 3.63) is 0 Å². The van der Waals surface area contributed by atoms with E-state index in [1.54, 1.807) is 42.7 Å². The number of hydrogen-bond donors (Lipinski definition) is 1. The molecule has 1 aliphatic heterocycles. The van der Waals surface area contributed by atoms with Gasteiger partial charge >= 0.3 is 0 Å². The third kappa shape index (κ3) is 19.5. The number of ether oxygens (including phenoxy) is 2. The molecule has 34 heavy (non-hydrogen) atoms. The van der Waals surface area contributed by atoms with E-state index in [4.69, 9.17) is 9.47 Å². The molecule has 0 unspecified atom stereocenters. The Morgan fingerprint density at radius 3 is 2.21 bits per heavy atom. The monoisotopic (exact) mass is 524 g/mol. The quantitative estimate of drug-likeness (QED) is 0.215. The Morgan fingerprint density at radius 1 is 1.00 bits per heavy atom. The number of unbranched alkanes of at least 4 members (excludes halogenated alkanes) is 1. The minimum absolute atomic E-state index is 0. The number of rotatable bonds is 16. The fourth-order valence-electron chi connectivity index (χ4n) is 3.22. The van der Waals surface area contributed by atoms with E-state index in [9.17, 15) is 14.4 Å². The largest absolute Gasteiger partial charge is 0.383 e. The Bertz CT molecular complexity index is 530. The lowest BCUT2D eigenvalue weighted by molar-refractivity contribution is -0.133. The SMILES string of the molecule is CC.CCC.COC[C@@H]1C[C@@H](OC)CN1C(=O)CCCSSCCNC(=O)CCCCC(C)=O.[HH]. The Labute approximate surface area is 218 Å². The smallest absolute Gasteiger partial charge is 0.223 e. The van der Waals surface area contributed by atoms with Crippen molar-refractivity contribution >= 4 is 39.2 Å². The highest BCUT2D eigenvalue weighted by Crippen LogP contribution is 2.24. The molecule has 0 radical (unpaired) electrons. The van der Waals surface area contributed by atoms with Gasteiger partial charge in [-0.05, 0) is 32.6 Å². The van der Waals surface area contributed by atoms with Crippen LogP contribution in [-0.2, 0) is 23.9 Å². The molecule has 1 aliphatic rings. The number of ketones is 1. The van der Waals surface area contributed by atoms with Gasteiger partial charge in [0.25, 0.3) is 0 Å². The number of nitrogens with one attached hydrogen (secondary N) is 1. The summed E-state index contributed by atoms with van der Waals surface area (Å²) in [6.45, 7) is 11.7. The topological polar surface area (TPSA) is 84.9 Å². The first-order chi connectivity index (χ1) is 16.4. The van der Waals surface area contributed by atoms with E-state index in [0.29, 0.717) is 39.0 Å². The first-order valence-electron chi connectivity index (χ1n) is 12.7. The number of carbonyl (C=O) groups excluding carboxylic acids is 3. The number of Topliss-reactive ketones (excluding diaryl/α,β-unsaturated/α-hetero) is 1. The van der Waals surface area contributed by atoms with Crippen LogP contribution in [0.1, 0.15) is 87.4 Å². The van der Waals surface area contributed by atoms with Gasteiger partial charge in [-0.25, -0.2) is 0 Å². The summed E-state index contributed by atoms with van der Waals surface area (Å²) in [6, 6.07) is 0.116. The summed E-state index contributed by atoms with van der Waals surface area (Å²) in [7, 11) is 6.80. The number of nitrogens with zero attached hydrogens (tertiary/aromatic N) is 1. The second-order valence-corrected chi connectivity index (χ2v) is 10.7. The Kier molecular flexibility index (Phi) is 26.4. The Morgan fingerprint density at radius 2 is 1.62 bits per heavy atom. The predicted octanol–water partition coefficient (Wildman–Crippen LogP) is 5.36. The van der Waals surface area contributed by atoms with Crippen LogP contribution in [0, 0.1) is 0 Å². The zero-order valence-corrected chi connectivity index (χ0v) is 24.3. The van der Waals surface area contributed by atoms with E-state index in [1.807, 2.05) is 18.7 Å². The van der Waals surface area contributed by atoms with Crippen molar-refractivity contribution in [2.45, 2.75) is 98.1 Å². The van der Waals surface area contributed by atoms with Crippen LogP contribution in [0.15, 0.2) is 0 Å². The van der Waals surface area contributed by atoms with E-state index < -0.39 is 0 Å². The highest BCUT2D eigenvalue weighted by molar-refractivity contribution is 8.76. The molecule has 9 heteroatoms. The Hall–Kier alpha value is -0.770. The van der Waals surface area contributed by atoms with Crippen molar-refractivity contribution in [3.63, 3.8) is 0 Å². The van der Waals surface area contributed by atoms with E-state index in [-0.39, 0.29) is 31.2 Å². The molecule has 1 saturated heterocycles. The number of carbonyl (C=O) groups is 3. The average molecular weight is 525 g/mol. The van der Waals surface area contributed by atoms with Crippen LogP contribution in [0.4, 0.5) is 0 Å². The summed E-state index contributed by atoms with van der Waals surface area (Å²) in [4.78, 5) is 36.9. The minimum atomic E-state index is 0. The Balaban J connectivity index is -0.00000158. The van der Waals surface area contributed by atoms with Gasteiger partial charge in [-0.3, -0.25) is 9.59 Å². The standard InChI is InChI=1S/C20H36N2O5S2.C3H8.C2H6.H2/c1-16(23)7-4-5-8-19(24)21-10-12-29-28-11-6-9-20(25)22-14-18(27-3)13-17(22)15-26-2;1-3-2;1-2;/h17-18H,4-15H2,1-3H3,(H,21,24);3H2,1-2H3;1-2H3;1H/t17-,18+;;;/m0.../s1. The van der Waals surface area contributed by atoms with Crippen LogP contribution in [0.2, 0.25) is 0 Å². The van der Waals surface area contributed by atoms with Crippen LogP contribution in [0.5, 0.6) is 0 Å². The molecule has 1 fully saturated rings. The molecule has 7 nitrogen and oxygen atoms in total. The van der Waals surface area contributed by atoms with Crippen LogP contribution in [0.25, 0.3) is 0 Å². The molecule has 0 saturated carbocycles. The third-order valence-electron chi connectivity index (χ3n) is 4.78. The summed E-state index contributed by atoms with van der Waals surface area (Å²) >= 11 is 0. The van der Waals surface area contributed by atoms with Gasteiger partial charge in [0.1, 0.15) is 5.78 Å². The summed E-state index contributed by atoms with van der Waals surface area (Å²) in [5.74, 6) is 2.15. The lowest BCUT2D eigenvalue weighted by Crippen LogP contribution is -2.38. The average Bonchev–Trinajstić information content (AvgIpc) is 3.23. The van der Waals surface area contributed by atoms with Gasteiger partial charge in [-0.1, -0.05) is 55.7 Å². The lowest BCUT2D eigenvalue weighted by atomic mass is 10.1. The first kappa shape index (κ1) is 35.4. The summed E-state index contributed by atoms with van der Waals surface area (Å²) in [6.07, 6.45) is 6.15. The molecule has 1 rings (SSSR count). The molecule has 2 amide bonds. The molecule has 0 aromatic carbocycles. The molecular formula is C25H52N2O5S2. The summed E-state index contributed by atoms with van der Waals surface area (Å²) in [5.41, 5.74) is 0. The van der Waals surface area contributed by atoms with Gasteiger partial charge in [0.15, 0.2) is 0 Å². The summed E-state index contributed by atoms with van der Waals surface area (Å²) in [5, 5.41) is 2.90. The molecule has 204 valence electrons. The zero-order chi connectivity index (χ0) is 26.2. The second-order valence-electron chi connectivity index (χ2n) is 7.96. The van der Waals surface area contributed by atoms with Crippen molar-refractivity contribution in [2.75, 3.05) is 45.4 Å². The van der Waals surface area contributed by atoms with Crippen LogP contribution >= 0.6 is 21.6 Å². The third-order valence-corrected chi connectivity index (χ3v) is 7.27. The van der Waals surface area contributed by atoms with Crippen molar-refractivity contribution in [1.29, 1.82) is 0 Å². The number of likely N-dealkylation sites (tertiary alicyclic amines) is 1. The van der Waals surface area contributed by atoms with Crippen LogP contribution < -0.4 is 5.32 Å². The number of hydrogen-bond acceptors (Lipinski definition) is 7. The fraction of sp³-hybridized carbons (Fsp3) is 0.880. The molecule has 0 aromatic rings. The van der Waals surface area contributed by atoms with Crippen LogP contribution in [0.3, 0.4) is 0 Å². The maximum absolute atomic E-state index is 12.5. The molecular weight excluding hydrogens is 472 g/mol. The first-order valence-corrected chi connectivity index (χ1v) is 15.2. The number of methoxy groups -OCH3 is 2. The highest BCUT2D eigenvalue weighted by Gasteiger charge is 2.34. The van der Waals surface area contributed by atoms with Crippen molar-refractivity contribution in [1.82, 2.24) is 10.2 Å².